The lowest BCUT2D eigenvalue weighted by molar-refractivity contribution is 0.192. The third-order valence-corrected chi connectivity index (χ3v) is 3.22. The smallest absolute Gasteiger partial charge is 0.124 e. The van der Waals surface area contributed by atoms with E-state index in [4.69, 9.17) is 0 Å². The Balaban J connectivity index is 2.35. The van der Waals surface area contributed by atoms with E-state index in [1.54, 1.807) is 0 Å². The van der Waals surface area contributed by atoms with Gasteiger partial charge in [0.25, 0.3) is 0 Å². The van der Waals surface area contributed by atoms with E-state index < -0.39 is 0 Å². The van der Waals surface area contributed by atoms with Crippen LogP contribution >= 0.6 is 0 Å². The molecule has 1 atom stereocenters. The third kappa shape index (κ3) is 2.38. The number of anilines is 1. The van der Waals surface area contributed by atoms with Gasteiger partial charge in [0.05, 0.1) is 0 Å². The molecule has 0 radical (unpaired) electrons. The van der Waals surface area contributed by atoms with Gasteiger partial charge in [-0.05, 0) is 41.9 Å². The van der Waals surface area contributed by atoms with Crippen molar-refractivity contribution in [3.8, 4) is 0 Å². The van der Waals surface area contributed by atoms with E-state index >= 15 is 0 Å². The van der Waals surface area contributed by atoms with Gasteiger partial charge in [0.15, 0.2) is 0 Å². The van der Waals surface area contributed by atoms with E-state index in [1.807, 2.05) is 0 Å². The molecule has 2 nitrogen and oxygen atoms in total. The lowest BCUT2D eigenvalue weighted by atomic mass is 9.85. The molecule has 88 valence electrons. The second-order valence-corrected chi connectivity index (χ2v) is 5.67. The van der Waals surface area contributed by atoms with Gasteiger partial charge in [-0.1, -0.05) is 32.9 Å². The fraction of sp³-hybridized carbons (Fsp3) is 0.571. The highest BCUT2D eigenvalue weighted by molar-refractivity contribution is 5.54. The molecule has 0 bridgehead atoms. The zero-order chi connectivity index (χ0) is 11.8. The van der Waals surface area contributed by atoms with E-state index in [0.717, 1.165) is 24.9 Å². The molecule has 2 rings (SSSR count). The number of hydrogen-bond donors (Lipinski definition) is 2. The number of hydrogen-bond acceptors (Lipinski definition) is 2. The van der Waals surface area contributed by atoms with Gasteiger partial charge in [0, 0.05) is 5.69 Å². The summed E-state index contributed by atoms with van der Waals surface area (Å²) in [6, 6.07) is 6.54. The number of aryl methyl sites for hydroxylation is 1. The molecule has 1 heterocycles. The first-order valence-electron chi connectivity index (χ1n) is 6.05. The van der Waals surface area contributed by atoms with Crippen molar-refractivity contribution in [2.45, 2.75) is 51.7 Å². The van der Waals surface area contributed by atoms with Crippen LogP contribution in [0.2, 0.25) is 0 Å². The van der Waals surface area contributed by atoms with Gasteiger partial charge in [-0.15, -0.1) is 0 Å². The van der Waals surface area contributed by atoms with Gasteiger partial charge in [0.1, 0.15) is 6.23 Å². The highest BCUT2D eigenvalue weighted by atomic mass is 16.3. The quantitative estimate of drug-likeness (QED) is 0.703. The van der Waals surface area contributed by atoms with Crippen molar-refractivity contribution in [2.24, 2.45) is 0 Å². The lowest BCUT2D eigenvalue weighted by Gasteiger charge is -2.21. The zero-order valence-electron chi connectivity index (χ0n) is 10.4. The van der Waals surface area contributed by atoms with Gasteiger partial charge in [-0.3, -0.25) is 0 Å². The van der Waals surface area contributed by atoms with Crippen LogP contribution < -0.4 is 5.32 Å². The lowest BCUT2D eigenvalue weighted by Crippen LogP contribution is -2.17. The molecular weight excluding hydrogens is 198 g/mol. The molecule has 1 aliphatic heterocycles. The largest absolute Gasteiger partial charge is 0.374 e. The number of nitrogens with one attached hydrogen (secondary N) is 1. The maximum absolute atomic E-state index is 9.65. The topological polar surface area (TPSA) is 32.3 Å². The zero-order valence-corrected chi connectivity index (χ0v) is 10.4. The molecule has 0 saturated heterocycles. The summed E-state index contributed by atoms with van der Waals surface area (Å²) in [5.74, 6) is 0. The van der Waals surface area contributed by atoms with Crippen LogP contribution in [0.4, 0.5) is 5.69 Å². The molecule has 0 fully saturated rings. The molecule has 0 saturated carbocycles. The van der Waals surface area contributed by atoms with Gasteiger partial charge < -0.3 is 10.4 Å². The predicted octanol–water partition coefficient (Wildman–Crippen LogP) is 3.05. The van der Waals surface area contributed by atoms with Crippen molar-refractivity contribution in [2.75, 3.05) is 5.32 Å². The first-order chi connectivity index (χ1) is 7.47. The predicted molar refractivity (Wildman–Crippen MR) is 67.7 cm³/mol. The van der Waals surface area contributed by atoms with Crippen LogP contribution in [-0.4, -0.2) is 11.3 Å². The third-order valence-electron chi connectivity index (χ3n) is 3.22. The summed E-state index contributed by atoms with van der Waals surface area (Å²) in [6.07, 6.45) is 2.55. The van der Waals surface area contributed by atoms with Gasteiger partial charge in [-0.25, -0.2) is 0 Å². The summed E-state index contributed by atoms with van der Waals surface area (Å²) in [7, 11) is 0. The Labute approximate surface area is 97.7 Å². The number of rotatable bonds is 0. The van der Waals surface area contributed by atoms with Crippen LogP contribution in [0.1, 0.15) is 44.7 Å². The van der Waals surface area contributed by atoms with Crippen LogP contribution in [0.3, 0.4) is 0 Å². The van der Waals surface area contributed by atoms with Crippen LogP contribution in [0.15, 0.2) is 18.2 Å². The minimum absolute atomic E-state index is 0.194. The summed E-state index contributed by atoms with van der Waals surface area (Å²) in [6.45, 7) is 6.69. The number of fused-ring (bicyclic) bond motifs is 1. The van der Waals surface area contributed by atoms with Crippen molar-refractivity contribution in [3.05, 3.63) is 29.3 Å². The van der Waals surface area contributed by atoms with Crippen molar-refractivity contribution in [1.82, 2.24) is 0 Å². The van der Waals surface area contributed by atoms with Crippen LogP contribution in [0.25, 0.3) is 0 Å². The monoisotopic (exact) mass is 219 g/mol. The van der Waals surface area contributed by atoms with E-state index in [1.165, 1.54) is 11.1 Å². The molecule has 16 heavy (non-hydrogen) atoms. The molecular formula is C14H21NO. The Morgan fingerprint density at radius 1 is 1.31 bits per heavy atom. The van der Waals surface area contributed by atoms with Gasteiger partial charge in [-0.2, -0.15) is 0 Å². The first-order valence-corrected chi connectivity index (χ1v) is 6.05. The standard InChI is InChI=1S/C14H21NO/c1-14(2,3)11-7-8-12-10(9-11)5-4-6-13(16)15-12/h7-9,13,15-16H,4-6H2,1-3H3. The molecule has 1 aliphatic rings. The minimum atomic E-state index is -0.387. The van der Waals surface area contributed by atoms with Crippen LogP contribution in [-0.2, 0) is 11.8 Å². The Morgan fingerprint density at radius 2 is 2.06 bits per heavy atom. The normalized spacial score (nSPS) is 20.9. The summed E-state index contributed by atoms with van der Waals surface area (Å²) in [5.41, 5.74) is 3.99. The average Bonchev–Trinajstić information content (AvgIpc) is 2.35. The summed E-state index contributed by atoms with van der Waals surface area (Å²) in [4.78, 5) is 0. The molecule has 1 unspecified atom stereocenters. The summed E-state index contributed by atoms with van der Waals surface area (Å²) in [5, 5.41) is 12.8. The highest BCUT2D eigenvalue weighted by Crippen LogP contribution is 2.29. The second-order valence-electron chi connectivity index (χ2n) is 5.67. The number of aliphatic hydroxyl groups excluding tert-OH is 1. The van der Waals surface area contributed by atoms with E-state index in [0.29, 0.717) is 0 Å². The highest BCUT2D eigenvalue weighted by Gasteiger charge is 2.18. The SMILES string of the molecule is CC(C)(C)c1ccc2c(c1)CCCC(O)N2. The molecule has 0 aromatic heterocycles. The molecule has 0 aliphatic carbocycles. The Kier molecular flexibility index (Phi) is 2.94. The summed E-state index contributed by atoms with van der Waals surface area (Å²) >= 11 is 0. The molecule has 1 aromatic carbocycles. The minimum Gasteiger partial charge on any atom is -0.374 e. The van der Waals surface area contributed by atoms with Gasteiger partial charge >= 0.3 is 0 Å². The first kappa shape index (κ1) is 11.5. The van der Waals surface area contributed by atoms with E-state index in [9.17, 15) is 5.11 Å². The molecule has 2 heteroatoms. The van der Waals surface area contributed by atoms with Crippen LogP contribution in [0.5, 0.6) is 0 Å². The maximum Gasteiger partial charge on any atom is 0.124 e. The fourth-order valence-electron chi connectivity index (χ4n) is 2.15. The van der Waals surface area contributed by atoms with E-state index in [-0.39, 0.29) is 11.6 Å². The van der Waals surface area contributed by atoms with Crippen LogP contribution in [0, 0.1) is 0 Å². The number of benzene rings is 1. The Morgan fingerprint density at radius 3 is 2.75 bits per heavy atom. The Hall–Kier alpha value is -1.02. The number of aliphatic hydroxyl groups is 1. The van der Waals surface area contributed by atoms with Crippen molar-refractivity contribution >= 4 is 5.69 Å². The second kappa shape index (κ2) is 4.10. The van der Waals surface area contributed by atoms with Crippen molar-refractivity contribution in [1.29, 1.82) is 0 Å². The average molecular weight is 219 g/mol. The van der Waals surface area contributed by atoms with E-state index in [2.05, 4.69) is 44.3 Å². The maximum atomic E-state index is 9.65. The van der Waals surface area contributed by atoms with Gasteiger partial charge in [0.2, 0.25) is 0 Å². The fourth-order valence-corrected chi connectivity index (χ4v) is 2.15. The summed E-state index contributed by atoms with van der Waals surface area (Å²) < 4.78 is 0. The molecule has 2 N–H and O–H groups in total. The molecule has 0 spiro atoms. The molecule has 0 amide bonds. The van der Waals surface area contributed by atoms with Crippen molar-refractivity contribution in [3.63, 3.8) is 0 Å². The molecule has 1 aromatic rings. The Bertz CT molecular complexity index is 379. The van der Waals surface area contributed by atoms with Crippen molar-refractivity contribution < 1.29 is 5.11 Å².